The molecule has 0 unspecified atom stereocenters. The van der Waals surface area contributed by atoms with E-state index in [1.54, 1.807) is 0 Å². The Morgan fingerprint density at radius 1 is 0.645 bits per heavy atom. The van der Waals surface area contributed by atoms with E-state index in [1.807, 2.05) is 0 Å². The van der Waals surface area contributed by atoms with Crippen LogP contribution in [0.3, 0.4) is 0 Å². The van der Waals surface area contributed by atoms with Crippen LogP contribution in [0.1, 0.15) is 55.4 Å². The molecule has 1 aliphatic rings. The second-order valence-electron chi connectivity index (χ2n) is 9.62. The second-order valence-corrected chi connectivity index (χ2v) is 14.1. The van der Waals surface area contributed by atoms with E-state index in [-0.39, 0.29) is 5.54 Å². The van der Waals surface area contributed by atoms with E-state index in [4.69, 9.17) is 23.7 Å². The van der Waals surface area contributed by atoms with Crippen LogP contribution in [-0.4, -0.2) is 5.54 Å². The van der Waals surface area contributed by atoms with Crippen LogP contribution in [0, 0.1) is 29.6 Å². The number of nitrogens with zero attached hydrogens (tertiary/aromatic N) is 1. The van der Waals surface area contributed by atoms with Crippen LogP contribution in [0.15, 0.2) is 60.7 Å². The van der Waals surface area contributed by atoms with Gasteiger partial charge in [-0.1, -0.05) is 116 Å². The molecule has 0 aromatic heterocycles. The number of rotatable bonds is 3. The van der Waals surface area contributed by atoms with Crippen LogP contribution in [-0.2, 0) is 17.0 Å². The van der Waals surface area contributed by atoms with E-state index < -0.39 is 25.1 Å². The SMILES string of the molecule is CC(C)(C)[N-]P(c1ccccc1)c1ccccc1.CC1C(C)C(C)C(C)C1C.[Cl][Ti][Cl]. The van der Waals surface area contributed by atoms with Crippen molar-refractivity contribution in [3.8, 4) is 0 Å². The van der Waals surface area contributed by atoms with Gasteiger partial charge < -0.3 is 5.09 Å². The number of benzene rings is 2. The number of hydrogen-bond acceptors (Lipinski definition) is 0. The molecule has 2 aromatic carbocycles. The van der Waals surface area contributed by atoms with Crippen molar-refractivity contribution in [1.82, 2.24) is 0 Å². The van der Waals surface area contributed by atoms with Crippen molar-refractivity contribution >= 4 is 37.3 Å². The average Bonchev–Trinajstić information content (AvgIpc) is 2.91. The van der Waals surface area contributed by atoms with Crippen molar-refractivity contribution in [3.05, 3.63) is 65.8 Å². The van der Waals surface area contributed by atoms with Crippen LogP contribution in [0.25, 0.3) is 5.09 Å². The van der Waals surface area contributed by atoms with E-state index >= 15 is 0 Å². The van der Waals surface area contributed by atoms with Crippen LogP contribution < -0.4 is 10.6 Å². The summed E-state index contributed by atoms with van der Waals surface area (Å²) >= 11 is -0.556. The summed E-state index contributed by atoms with van der Waals surface area (Å²) in [5.41, 5.74) is -0.0165. The van der Waals surface area contributed by atoms with Crippen LogP contribution >= 0.6 is 26.7 Å². The van der Waals surface area contributed by atoms with Crippen LogP contribution in [0.2, 0.25) is 0 Å². The third-order valence-corrected chi connectivity index (χ3v) is 8.92. The van der Waals surface area contributed by atoms with Gasteiger partial charge >= 0.3 is 35.6 Å². The molecule has 1 nitrogen and oxygen atoms in total. The predicted octanol–water partition coefficient (Wildman–Crippen LogP) is 8.76. The molecule has 0 heterocycles. The van der Waals surface area contributed by atoms with Crippen LogP contribution in [0.5, 0.6) is 0 Å². The Bertz CT molecular complexity index is 639. The summed E-state index contributed by atoms with van der Waals surface area (Å²) in [5, 5.41) is 7.64. The third kappa shape index (κ3) is 9.87. The molecule has 31 heavy (non-hydrogen) atoms. The van der Waals surface area contributed by atoms with E-state index in [2.05, 4.69) is 116 Å². The van der Waals surface area contributed by atoms with Crippen molar-refractivity contribution in [2.24, 2.45) is 29.6 Å². The summed E-state index contributed by atoms with van der Waals surface area (Å²) in [6.07, 6.45) is 0. The van der Waals surface area contributed by atoms with Gasteiger partial charge in [-0.05, 0) is 40.2 Å². The number of hydrogen-bond donors (Lipinski definition) is 0. The van der Waals surface area contributed by atoms with Gasteiger partial charge in [0.2, 0.25) is 0 Å². The molecule has 0 aliphatic heterocycles. The fourth-order valence-electron chi connectivity index (χ4n) is 4.10. The summed E-state index contributed by atoms with van der Waals surface area (Å²) in [7, 11) is 9.16. The molecule has 0 radical (unpaired) electrons. The first-order valence-electron chi connectivity index (χ1n) is 11.1. The Balaban J connectivity index is 0.000000311. The Labute approximate surface area is 209 Å². The third-order valence-electron chi connectivity index (χ3n) is 6.55. The minimum absolute atomic E-state index is 0.0165. The Hall–Kier alpha value is 0.124. The zero-order valence-electron chi connectivity index (χ0n) is 20.3. The van der Waals surface area contributed by atoms with Gasteiger partial charge in [0.05, 0.1) is 0 Å². The zero-order valence-corrected chi connectivity index (χ0v) is 24.3. The first-order chi connectivity index (χ1) is 14.5. The first kappa shape index (κ1) is 29.2. The van der Waals surface area contributed by atoms with E-state index in [0.29, 0.717) is 0 Å². The Morgan fingerprint density at radius 3 is 1.13 bits per heavy atom. The van der Waals surface area contributed by atoms with Crippen molar-refractivity contribution in [1.29, 1.82) is 0 Å². The summed E-state index contributed by atoms with van der Waals surface area (Å²) in [4.78, 5) is 0. The molecule has 1 aliphatic carbocycles. The topological polar surface area (TPSA) is 14.1 Å². The molecule has 0 atom stereocenters. The summed E-state index contributed by atoms with van der Waals surface area (Å²) in [6, 6.07) is 21.2. The van der Waals surface area contributed by atoms with E-state index in [1.165, 1.54) is 10.6 Å². The van der Waals surface area contributed by atoms with Crippen molar-refractivity contribution in [2.75, 3.05) is 0 Å². The van der Waals surface area contributed by atoms with E-state index in [0.717, 1.165) is 29.6 Å². The summed E-state index contributed by atoms with van der Waals surface area (Å²) in [5.74, 6) is 4.68. The standard InChI is InChI=1S/C16H19NP.C10H20.2ClH.Ti/c1-16(2,3)17-18(14-10-6-4-7-11-14)15-12-8-5-9-13-15;1-6-7(2)9(4)10(5)8(6)3;;;/h4-13H,1-3H3;6-10H,1-5H3;2*1H;/q-1;;;;+2/p-2. The molecular weight excluding hydrogens is 476 g/mol. The molecule has 0 saturated heterocycles. The van der Waals surface area contributed by atoms with Gasteiger partial charge in [-0.2, -0.15) is 8.07 Å². The summed E-state index contributed by atoms with van der Waals surface area (Å²) in [6.45, 7) is 18.5. The maximum atomic E-state index is 5.01. The zero-order chi connectivity index (χ0) is 23.6. The molecular formula is C26H39Cl2NPTi-. The molecule has 0 spiro atoms. The average molecular weight is 515 g/mol. The fraction of sp³-hybridized carbons (Fsp3) is 0.538. The summed E-state index contributed by atoms with van der Waals surface area (Å²) < 4.78 is 0. The van der Waals surface area contributed by atoms with Crippen molar-refractivity contribution in [2.45, 2.75) is 60.9 Å². The molecule has 0 amide bonds. The number of halogens is 2. The molecule has 172 valence electrons. The molecule has 3 rings (SSSR count). The van der Waals surface area contributed by atoms with Gasteiger partial charge in [-0.25, -0.2) is 0 Å². The van der Waals surface area contributed by atoms with E-state index in [9.17, 15) is 0 Å². The fourth-order valence-corrected chi connectivity index (χ4v) is 6.14. The Kier molecular flexibility index (Phi) is 13.5. The van der Waals surface area contributed by atoms with Gasteiger partial charge in [0.25, 0.3) is 0 Å². The van der Waals surface area contributed by atoms with Gasteiger partial charge in [0.15, 0.2) is 0 Å². The maximum absolute atomic E-state index is 5.01. The van der Waals surface area contributed by atoms with Crippen molar-refractivity contribution in [3.63, 3.8) is 0 Å². The molecule has 1 fully saturated rings. The molecule has 1 saturated carbocycles. The monoisotopic (exact) mass is 514 g/mol. The van der Waals surface area contributed by atoms with Crippen LogP contribution in [0.4, 0.5) is 0 Å². The minimum atomic E-state index is -0.614. The van der Waals surface area contributed by atoms with Gasteiger partial charge in [0, 0.05) is 0 Å². The first-order valence-corrected chi connectivity index (χ1v) is 16.7. The molecule has 2 aromatic rings. The Morgan fingerprint density at radius 2 is 0.903 bits per heavy atom. The van der Waals surface area contributed by atoms with Gasteiger partial charge in [-0.3, -0.25) is 0 Å². The van der Waals surface area contributed by atoms with Gasteiger partial charge in [0.1, 0.15) is 0 Å². The quantitative estimate of drug-likeness (QED) is 0.287. The predicted molar refractivity (Wildman–Crippen MR) is 140 cm³/mol. The molecule has 0 bridgehead atoms. The van der Waals surface area contributed by atoms with Crippen molar-refractivity contribution < 1.29 is 17.0 Å². The normalized spacial score (nSPS) is 25.2. The second kappa shape index (κ2) is 14.4. The molecule has 0 N–H and O–H groups in total. The van der Waals surface area contributed by atoms with Gasteiger partial charge in [-0.15, -0.1) is 5.54 Å². The molecule has 5 heteroatoms.